The van der Waals surface area contributed by atoms with E-state index < -0.39 is 0 Å². The van der Waals surface area contributed by atoms with Crippen LogP contribution in [0, 0.1) is 12.8 Å². The molecule has 0 aliphatic carbocycles. The topological polar surface area (TPSA) is 59.7 Å². The number of aromatic nitrogens is 2. The average Bonchev–Trinajstić information content (AvgIpc) is 3.01. The van der Waals surface area contributed by atoms with E-state index in [0.717, 1.165) is 42.0 Å². The van der Waals surface area contributed by atoms with Crippen molar-refractivity contribution < 1.29 is 4.74 Å². The van der Waals surface area contributed by atoms with Crippen molar-refractivity contribution in [2.75, 3.05) is 19.8 Å². The van der Waals surface area contributed by atoms with E-state index in [1.807, 2.05) is 6.92 Å². The van der Waals surface area contributed by atoms with Crippen molar-refractivity contribution in [1.29, 1.82) is 0 Å². The summed E-state index contributed by atoms with van der Waals surface area (Å²) in [6, 6.07) is 0. The van der Waals surface area contributed by atoms with Gasteiger partial charge in [-0.3, -0.25) is 0 Å². The van der Waals surface area contributed by atoms with E-state index in [0.29, 0.717) is 11.7 Å². The monoisotopic (exact) mass is 262 g/mol. The van der Waals surface area contributed by atoms with Crippen LogP contribution >= 0.6 is 11.3 Å². The third-order valence-corrected chi connectivity index (χ3v) is 4.12. The van der Waals surface area contributed by atoms with E-state index in [1.54, 1.807) is 17.7 Å². The summed E-state index contributed by atoms with van der Waals surface area (Å²) in [6.07, 6.45) is 2.63. The molecule has 2 aromatic heterocycles. The summed E-state index contributed by atoms with van der Waals surface area (Å²) in [5.74, 6) is 1.19. The average molecular weight is 262 g/mol. The summed E-state index contributed by atoms with van der Waals surface area (Å²) in [4.78, 5) is 8.46. The lowest BCUT2D eigenvalue weighted by atomic mass is 10.1. The largest absolute Gasteiger partial charge is 0.381 e. The summed E-state index contributed by atoms with van der Waals surface area (Å²) in [5.41, 5.74) is 2.14. The van der Waals surface area contributed by atoms with Crippen LogP contribution < -0.4 is 0 Å². The number of ether oxygens (including phenoxy) is 1. The second-order valence-corrected chi connectivity index (χ2v) is 5.33. The Balaban J connectivity index is 1.79. The SMILES string of the molecule is Cc1csc2c(N=NCC3CCOC3)ncnc12. The zero-order valence-corrected chi connectivity index (χ0v) is 11.0. The third-order valence-electron chi connectivity index (χ3n) is 3.04. The van der Waals surface area contributed by atoms with E-state index in [2.05, 4.69) is 25.6 Å². The fourth-order valence-electron chi connectivity index (χ4n) is 1.98. The lowest BCUT2D eigenvalue weighted by Gasteiger charge is -2.00. The summed E-state index contributed by atoms with van der Waals surface area (Å²) in [5, 5.41) is 10.6. The normalized spacial score (nSPS) is 20.2. The Morgan fingerprint density at radius 2 is 2.44 bits per heavy atom. The molecule has 0 bridgehead atoms. The molecule has 2 aromatic rings. The minimum Gasteiger partial charge on any atom is -0.381 e. The van der Waals surface area contributed by atoms with Gasteiger partial charge in [-0.15, -0.1) is 16.5 Å². The maximum Gasteiger partial charge on any atom is 0.195 e. The molecule has 3 heterocycles. The summed E-state index contributed by atoms with van der Waals surface area (Å²) < 4.78 is 6.32. The number of thiophene rings is 1. The second-order valence-electron chi connectivity index (χ2n) is 4.45. The van der Waals surface area contributed by atoms with Gasteiger partial charge in [0.05, 0.1) is 23.4 Å². The lowest BCUT2D eigenvalue weighted by Crippen LogP contribution is -2.02. The van der Waals surface area contributed by atoms with Crippen LogP contribution in [0.4, 0.5) is 5.82 Å². The zero-order chi connectivity index (χ0) is 12.4. The highest BCUT2D eigenvalue weighted by Crippen LogP contribution is 2.30. The molecular formula is C12H14N4OS. The Morgan fingerprint density at radius 3 is 3.28 bits per heavy atom. The molecule has 1 unspecified atom stereocenters. The smallest absolute Gasteiger partial charge is 0.195 e. The van der Waals surface area contributed by atoms with E-state index in [-0.39, 0.29) is 0 Å². The van der Waals surface area contributed by atoms with Crippen molar-refractivity contribution in [3.63, 3.8) is 0 Å². The fraction of sp³-hybridized carbons (Fsp3) is 0.500. The van der Waals surface area contributed by atoms with Gasteiger partial charge in [-0.2, -0.15) is 5.11 Å². The number of azo groups is 1. The van der Waals surface area contributed by atoms with Crippen molar-refractivity contribution in [3.8, 4) is 0 Å². The highest BCUT2D eigenvalue weighted by Gasteiger charge is 2.15. The van der Waals surface area contributed by atoms with Gasteiger partial charge in [0.15, 0.2) is 5.82 Å². The van der Waals surface area contributed by atoms with Crippen molar-refractivity contribution in [1.82, 2.24) is 9.97 Å². The molecule has 3 rings (SSSR count). The fourth-order valence-corrected chi connectivity index (χ4v) is 2.91. The molecule has 1 saturated heterocycles. The zero-order valence-electron chi connectivity index (χ0n) is 10.2. The first kappa shape index (κ1) is 11.7. The number of aryl methyl sites for hydroxylation is 1. The predicted molar refractivity (Wildman–Crippen MR) is 70.5 cm³/mol. The van der Waals surface area contributed by atoms with Crippen LogP contribution in [-0.4, -0.2) is 29.7 Å². The molecule has 5 nitrogen and oxygen atoms in total. The lowest BCUT2D eigenvalue weighted by molar-refractivity contribution is 0.187. The van der Waals surface area contributed by atoms with Crippen molar-refractivity contribution in [2.24, 2.45) is 16.1 Å². The Kier molecular flexibility index (Phi) is 3.29. The van der Waals surface area contributed by atoms with Gasteiger partial charge in [0, 0.05) is 12.5 Å². The first-order valence-electron chi connectivity index (χ1n) is 5.98. The van der Waals surface area contributed by atoms with Gasteiger partial charge in [-0.25, -0.2) is 9.97 Å². The minimum absolute atomic E-state index is 0.510. The van der Waals surface area contributed by atoms with Gasteiger partial charge < -0.3 is 4.74 Å². The summed E-state index contributed by atoms with van der Waals surface area (Å²) in [6.45, 7) is 4.41. The van der Waals surface area contributed by atoms with Crippen LogP contribution in [0.1, 0.15) is 12.0 Å². The van der Waals surface area contributed by atoms with Crippen molar-refractivity contribution in [3.05, 3.63) is 17.3 Å². The van der Waals surface area contributed by atoms with Gasteiger partial charge in [0.2, 0.25) is 0 Å². The molecule has 0 saturated carbocycles. The van der Waals surface area contributed by atoms with E-state index >= 15 is 0 Å². The summed E-state index contributed by atoms with van der Waals surface area (Å²) >= 11 is 1.62. The Morgan fingerprint density at radius 1 is 1.50 bits per heavy atom. The minimum atomic E-state index is 0.510. The molecule has 18 heavy (non-hydrogen) atoms. The second kappa shape index (κ2) is 5.07. The van der Waals surface area contributed by atoms with Gasteiger partial charge in [0.1, 0.15) is 6.33 Å². The molecule has 0 radical (unpaired) electrons. The van der Waals surface area contributed by atoms with E-state index in [9.17, 15) is 0 Å². The predicted octanol–water partition coefficient (Wildman–Crippen LogP) is 3.12. The van der Waals surface area contributed by atoms with Gasteiger partial charge in [-0.05, 0) is 24.3 Å². The number of rotatable bonds is 3. The quantitative estimate of drug-likeness (QED) is 0.798. The molecule has 1 fully saturated rings. The van der Waals surface area contributed by atoms with Crippen molar-refractivity contribution >= 4 is 27.4 Å². The van der Waals surface area contributed by atoms with Crippen LogP contribution in [0.15, 0.2) is 21.9 Å². The number of nitrogens with zero attached hydrogens (tertiary/aromatic N) is 4. The molecule has 94 valence electrons. The molecule has 0 N–H and O–H groups in total. The standard InChI is InChI=1S/C12H14N4OS/c1-8-6-18-11-10(8)13-7-14-12(11)16-15-4-9-2-3-17-5-9/h6-7,9H,2-5H2,1H3. The molecular weight excluding hydrogens is 248 g/mol. The number of hydrogen-bond acceptors (Lipinski definition) is 6. The van der Waals surface area contributed by atoms with Crippen LogP contribution in [0.25, 0.3) is 10.2 Å². The van der Waals surface area contributed by atoms with E-state index in [1.165, 1.54) is 0 Å². The molecule has 1 aliphatic rings. The van der Waals surface area contributed by atoms with Gasteiger partial charge in [0.25, 0.3) is 0 Å². The van der Waals surface area contributed by atoms with Crippen LogP contribution in [0.3, 0.4) is 0 Å². The maximum absolute atomic E-state index is 5.31. The Labute approximate surface area is 109 Å². The third kappa shape index (κ3) is 2.26. The van der Waals surface area contributed by atoms with E-state index in [4.69, 9.17) is 4.74 Å². The number of hydrogen-bond donors (Lipinski definition) is 0. The molecule has 0 amide bonds. The first-order chi connectivity index (χ1) is 8.84. The molecule has 6 heteroatoms. The number of fused-ring (bicyclic) bond motifs is 1. The van der Waals surface area contributed by atoms with Crippen LogP contribution in [-0.2, 0) is 4.74 Å². The maximum atomic E-state index is 5.31. The molecule has 0 spiro atoms. The highest BCUT2D eigenvalue weighted by atomic mass is 32.1. The molecule has 1 aliphatic heterocycles. The van der Waals surface area contributed by atoms with Crippen molar-refractivity contribution in [2.45, 2.75) is 13.3 Å². The first-order valence-corrected chi connectivity index (χ1v) is 6.86. The Bertz CT molecular complexity index is 574. The molecule has 0 aromatic carbocycles. The Hall–Kier alpha value is -1.40. The summed E-state index contributed by atoms with van der Waals surface area (Å²) in [7, 11) is 0. The van der Waals surface area contributed by atoms with Crippen LogP contribution in [0.2, 0.25) is 0 Å². The van der Waals surface area contributed by atoms with Gasteiger partial charge in [-0.1, -0.05) is 0 Å². The molecule has 1 atom stereocenters. The van der Waals surface area contributed by atoms with Crippen LogP contribution in [0.5, 0.6) is 0 Å². The highest BCUT2D eigenvalue weighted by molar-refractivity contribution is 7.17. The van der Waals surface area contributed by atoms with Gasteiger partial charge >= 0.3 is 0 Å².